The standard InChI is InChI=1S/C15H17N3O2/c1-3-6-16-14-7-10(2)17-15(18-14)11-4-5-12-13(8-11)20-9-19-12/h4-5,7-8H,3,6,9H2,1-2H3,(H,16,17,18). The number of fused-ring (bicyclic) bond motifs is 1. The Hall–Kier alpha value is -2.30. The van der Waals surface area contributed by atoms with E-state index in [0.717, 1.165) is 41.5 Å². The van der Waals surface area contributed by atoms with E-state index >= 15 is 0 Å². The summed E-state index contributed by atoms with van der Waals surface area (Å²) in [6.45, 7) is 5.27. The number of rotatable bonds is 4. The van der Waals surface area contributed by atoms with Crippen LogP contribution in [0.25, 0.3) is 11.4 Å². The van der Waals surface area contributed by atoms with Crippen LogP contribution in [0.15, 0.2) is 24.3 Å². The van der Waals surface area contributed by atoms with Gasteiger partial charge >= 0.3 is 0 Å². The first kappa shape index (κ1) is 12.7. The van der Waals surface area contributed by atoms with Crippen molar-refractivity contribution in [3.63, 3.8) is 0 Å². The molecule has 1 N–H and O–H groups in total. The fourth-order valence-corrected chi connectivity index (χ4v) is 2.08. The summed E-state index contributed by atoms with van der Waals surface area (Å²) in [5.41, 5.74) is 1.86. The highest BCUT2D eigenvalue weighted by molar-refractivity contribution is 5.63. The summed E-state index contributed by atoms with van der Waals surface area (Å²) >= 11 is 0. The molecule has 0 saturated heterocycles. The minimum absolute atomic E-state index is 0.275. The Bertz CT molecular complexity index is 629. The second-order valence-corrected chi connectivity index (χ2v) is 4.71. The summed E-state index contributed by atoms with van der Waals surface area (Å²) in [5.74, 6) is 3.07. The second-order valence-electron chi connectivity index (χ2n) is 4.71. The Kier molecular flexibility index (Phi) is 3.41. The van der Waals surface area contributed by atoms with Gasteiger partial charge in [-0.25, -0.2) is 9.97 Å². The first-order chi connectivity index (χ1) is 9.76. The zero-order valence-corrected chi connectivity index (χ0v) is 11.6. The molecule has 104 valence electrons. The maximum absolute atomic E-state index is 5.39. The van der Waals surface area contributed by atoms with Crippen molar-refractivity contribution in [2.75, 3.05) is 18.7 Å². The van der Waals surface area contributed by atoms with Gasteiger partial charge in [-0.05, 0) is 31.5 Å². The third-order valence-corrected chi connectivity index (χ3v) is 3.04. The molecule has 2 aromatic rings. The predicted octanol–water partition coefficient (Wildman–Crippen LogP) is 3.00. The van der Waals surface area contributed by atoms with E-state index in [9.17, 15) is 0 Å². The fraction of sp³-hybridized carbons (Fsp3) is 0.333. The molecule has 0 amide bonds. The number of hydrogen-bond donors (Lipinski definition) is 1. The number of hydrogen-bond acceptors (Lipinski definition) is 5. The van der Waals surface area contributed by atoms with E-state index < -0.39 is 0 Å². The molecule has 0 spiro atoms. The number of nitrogens with one attached hydrogen (secondary N) is 1. The fourth-order valence-electron chi connectivity index (χ4n) is 2.08. The third-order valence-electron chi connectivity index (χ3n) is 3.04. The van der Waals surface area contributed by atoms with Crippen LogP contribution >= 0.6 is 0 Å². The van der Waals surface area contributed by atoms with E-state index in [0.29, 0.717) is 5.82 Å². The van der Waals surface area contributed by atoms with E-state index in [1.54, 1.807) is 0 Å². The van der Waals surface area contributed by atoms with Gasteiger partial charge in [-0.3, -0.25) is 0 Å². The molecule has 0 atom stereocenters. The lowest BCUT2D eigenvalue weighted by Crippen LogP contribution is -2.04. The van der Waals surface area contributed by atoms with Gasteiger partial charge in [0.2, 0.25) is 6.79 Å². The predicted molar refractivity (Wildman–Crippen MR) is 77.1 cm³/mol. The first-order valence-electron chi connectivity index (χ1n) is 6.76. The lowest BCUT2D eigenvalue weighted by atomic mass is 10.2. The van der Waals surface area contributed by atoms with Crippen LogP contribution in [0.3, 0.4) is 0 Å². The SMILES string of the molecule is CCCNc1cc(C)nc(-c2ccc3c(c2)OCO3)n1. The Morgan fingerprint density at radius 1 is 1.15 bits per heavy atom. The Labute approximate surface area is 118 Å². The monoisotopic (exact) mass is 271 g/mol. The van der Waals surface area contributed by atoms with Crippen LogP contribution in [-0.2, 0) is 0 Å². The topological polar surface area (TPSA) is 56.3 Å². The average molecular weight is 271 g/mol. The van der Waals surface area contributed by atoms with Crippen LogP contribution in [-0.4, -0.2) is 23.3 Å². The molecule has 1 aromatic carbocycles. The van der Waals surface area contributed by atoms with Crippen LogP contribution in [0.5, 0.6) is 11.5 Å². The summed E-state index contributed by atoms with van der Waals surface area (Å²) < 4.78 is 10.7. The molecule has 0 saturated carbocycles. The number of aryl methyl sites for hydroxylation is 1. The highest BCUT2D eigenvalue weighted by Crippen LogP contribution is 2.35. The highest BCUT2D eigenvalue weighted by Gasteiger charge is 2.15. The molecular weight excluding hydrogens is 254 g/mol. The quantitative estimate of drug-likeness (QED) is 0.926. The molecule has 1 aliphatic heterocycles. The summed E-state index contributed by atoms with van der Waals surface area (Å²) in [4.78, 5) is 9.04. The van der Waals surface area contributed by atoms with Gasteiger partial charge in [-0.15, -0.1) is 0 Å². The summed E-state index contributed by atoms with van der Waals surface area (Å²) in [5, 5.41) is 3.29. The van der Waals surface area contributed by atoms with E-state index in [2.05, 4.69) is 22.2 Å². The summed E-state index contributed by atoms with van der Waals surface area (Å²) in [6.07, 6.45) is 1.06. The molecule has 0 bridgehead atoms. The minimum atomic E-state index is 0.275. The third kappa shape index (κ3) is 2.52. The van der Waals surface area contributed by atoms with Gasteiger partial charge in [0.1, 0.15) is 5.82 Å². The van der Waals surface area contributed by atoms with Gasteiger partial charge in [-0.2, -0.15) is 0 Å². The molecular formula is C15H17N3O2. The molecule has 3 rings (SSSR count). The molecule has 0 unspecified atom stereocenters. The van der Waals surface area contributed by atoms with Crippen molar-refractivity contribution in [3.8, 4) is 22.9 Å². The summed E-state index contributed by atoms with van der Waals surface area (Å²) in [6, 6.07) is 7.71. The largest absolute Gasteiger partial charge is 0.454 e. The van der Waals surface area contributed by atoms with Gasteiger partial charge in [0.05, 0.1) is 0 Å². The molecule has 0 aliphatic carbocycles. The summed E-state index contributed by atoms with van der Waals surface area (Å²) in [7, 11) is 0. The van der Waals surface area contributed by atoms with E-state index in [4.69, 9.17) is 9.47 Å². The molecule has 1 aliphatic rings. The highest BCUT2D eigenvalue weighted by atomic mass is 16.7. The van der Waals surface area contributed by atoms with Gasteiger partial charge < -0.3 is 14.8 Å². The second kappa shape index (κ2) is 5.36. The van der Waals surface area contributed by atoms with E-state index in [1.165, 1.54) is 0 Å². The molecule has 0 radical (unpaired) electrons. The maximum Gasteiger partial charge on any atom is 0.231 e. The van der Waals surface area contributed by atoms with Gasteiger partial charge in [0.25, 0.3) is 0 Å². The first-order valence-corrected chi connectivity index (χ1v) is 6.76. The smallest absolute Gasteiger partial charge is 0.231 e. The van der Waals surface area contributed by atoms with Crippen molar-refractivity contribution >= 4 is 5.82 Å². The molecule has 0 fully saturated rings. The van der Waals surface area contributed by atoms with Crippen LogP contribution in [0.2, 0.25) is 0 Å². The molecule has 1 aromatic heterocycles. The molecule has 5 heteroatoms. The molecule has 5 nitrogen and oxygen atoms in total. The number of ether oxygens (including phenoxy) is 2. The Morgan fingerprint density at radius 2 is 2.00 bits per heavy atom. The maximum atomic E-state index is 5.39. The number of anilines is 1. The molecule has 20 heavy (non-hydrogen) atoms. The van der Waals surface area contributed by atoms with E-state index in [-0.39, 0.29) is 6.79 Å². The number of benzene rings is 1. The Balaban J connectivity index is 1.94. The van der Waals surface area contributed by atoms with Crippen LogP contribution in [0.4, 0.5) is 5.82 Å². The van der Waals surface area contributed by atoms with E-state index in [1.807, 2.05) is 31.2 Å². The van der Waals surface area contributed by atoms with Gasteiger partial charge in [0.15, 0.2) is 17.3 Å². The van der Waals surface area contributed by atoms with Crippen molar-refractivity contribution in [1.29, 1.82) is 0 Å². The average Bonchev–Trinajstić information content (AvgIpc) is 2.92. The van der Waals surface area contributed by atoms with Crippen molar-refractivity contribution in [3.05, 3.63) is 30.0 Å². The van der Waals surface area contributed by atoms with Crippen molar-refractivity contribution in [2.24, 2.45) is 0 Å². The number of nitrogens with zero attached hydrogens (tertiary/aromatic N) is 2. The van der Waals surface area contributed by atoms with Crippen LogP contribution in [0.1, 0.15) is 19.0 Å². The van der Waals surface area contributed by atoms with Crippen LogP contribution in [0, 0.1) is 6.92 Å². The Morgan fingerprint density at radius 3 is 2.85 bits per heavy atom. The lowest BCUT2D eigenvalue weighted by molar-refractivity contribution is 0.174. The minimum Gasteiger partial charge on any atom is -0.454 e. The van der Waals surface area contributed by atoms with Gasteiger partial charge in [-0.1, -0.05) is 6.92 Å². The number of aromatic nitrogens is 2. The molecule has 2 heterocycles. The van der Waals surface area contributed by atoms with Crippen molar-refractivity contribution < 1.29 is 9.47 Å². The zero-order valence-electron chi connectivity index (χ0n) is 11.6. The lowest BCUT2D eigenvalue weighted by Gasteiger charge is -2.08. The van der Waals surface area contributed by atoms with Crippen molar-refractivity contribution in [2.45, 2.75) is 20.3 Å². The van der Waals surface area contributed by atoms with Crippen LogP contribution < -0.4 is 14.8 Å². The van der Waals surface area contributed by atoms with Crippen molar-refractivity contribution in [1.82, 2.24) is 9.97 Å². The normalized spacial score (nSPS) is 12.5. The van der Waals surface area contributed by atoms with Gasteiger partial charge in [0, 0.05) is 23.9 Å². The zero-order chi connectivity index (χ0) is 13.9.